The minimum atomic E-state index is 0.464. The molecule has 2 aromatic rings. The van der Waals surface area contributed by atoms with Crippen molar-refractivity contribution in [2.24, 2.45) is 5.73 Å². The van der Waals surface area contributed by atoms with Crippen LogP contribution in [0.1, 0.15) is 32.9 Å². The second-order valence-electron chi connectivity index (χ2n) is 4.76. The van der Waals surface area contributed by atoms with Crippen LogP contribution in [0.15, 0.2) is 11.6 Å². The molecular formula is C13H22N4S. The molecule has 0 amide bonds. The first kappa shape index (κ1) is 13.4. The second-order valence-corrected chi connectivity index (χ2v) is 5.64. The molecular weight excluding hydrogens is 244 g/mol. The van der Waals surface area contributed by atoms with Gasteiger partial charge < -0.3 is 10.6 Å². The maximum atomic E-state index is 5.74. The molecule has 5 heteroatoms. The Balaban J connectivity index is 2.46. The lowest BCUT2D eigenvalue weighted by Crippen LogP contribution is -2.32. The van der Waals surface area contributed by atoms with Crippen molar-refractivity contribution >= 4 is 22.1 Å². The summed E-state index contributed by atoms with van der Waals surface area (Å²) in [4.78, 5) is 8.23. The van der Waals surface area contributed by atoms with Gasteiger partial charge in [0.15, 0.2) is 10.8 Å². The zero-order valence-corrected chi connectivity index (χ0v) is 12.2. The molecule has 0 aliphatic rings. The van der Waals surface area contributed by atoms with E-state index in [2.05, 4.69) is 41.6 Å². The minimum absolute atomic E-state index is 0.464. The summed E-state index contributed by atoms with van der Waals surface area (Å²) >= 11 is 1.68. The maximum absolute atomic E-state index is 5.74. The van der Waals surface area contributed by atoms with Gasteiger partial charge in [-0.25, -0.2) is 4.98 Å². The Morgan fingerprint density at radius 1 is 1.50 bits per heavy atom. The molecule has 0 radical (unpaired) electrons. The van der Waals surface area contributed by atoms with Crippen LogP contribution in [0.3, 0.4) is 0 Å². The largest absolute Gasteiger partial charge is 0.353 e. The predicted octanol–water partition coefficient (Wildman–Crippen LogP) is 2.52. The molecule has 0 spiro atoms. The first-order valence-electron chi connectivity index (χ1n) is 6.60. The zero-order valence-electron chi connectivity index (χ0n) is 11.4. The lowest BCUT2D eigenvalue weighted by Gasteiger charge is -2.27. The van der Waals surface area contributed by atoms with E-state index in [1.807, 2.05) is 0 Å². The number of fused-ring (bicyclic) bond motifs is 1. The SMILES string of the molecule is CCCN(c1nc2sccn2c1CCN)C(C)C. The number of hydrogen-bond donors (Lipinski definition) is 1. The molecule has 0 saturated heterocycles. The van der Waals surface area contributed by atoms with Crippen molar-refractivity contribution in [2.75, 3.05) is 18.0 Å². The van der Waals surface area contributed by atoms with E-state index >= 15 is 0 Å². The first-order valence-corrected chi connectivity index (χ1v) is 7.48. The van der Waals surface area contributed by atoms with Gasteiger partial charge in [0.1, 0.15) is 0 Å². The van der Waals surface area contributed by atoms with E-state index in [9.17, 15) is 0 Å². The predicted molar refractivity (Wildman–Crippen MR) is 78.6 cm³/mol. The van der Waals surface area contributed by atoms with Crippen molar-refractivity contribution < 1.29 is 0 Å². The molecule has 0 bridgehead atoms. The van der Waals surface area contributed by atoms with Crippen molar-refractivity contribution in [3.8, 4) is 0 Å². The van der Waals surface area contributed by atoms with E-state index < -0.39 is 0 Å². The highest BCUT2D eigenvalue weighted by Crippen LogP contribution is 2.26. The number of imidazole rings is 1. The third-order valence-corrected chi connectivity index (χ3v) is 3.84. The van der Waals surface area contributed by atoms with E-state index in [4.69, 9.17) is 10.7 Å². The topological polar surface area (TPSA) is 46.6 Å². The van der Waals surface area contributed by atoms with Crippen molar-refractivity contribution in [3.05, 3.63) is 17.3 Å². The summed E-state index contributed by atoms with van der Waals surface area (Å²) in [7, 11) is 0. The summed E-state index contributed by atoms with van der Waals surface area (Å²) in [5.74, 6) is 1.11. The van der Waals surface area contributed by atoms with Gasteiger partial charge in [0.25, 0.3) is 0 Å². The molecule has 100 valence electrons. The number of anilines is 1. The number of thiazole rings is 1. The van der Waals surface area contributed by atoms with Crippen LogP contribution in [0.5, 0.6) is 0 Å². The third kappa shape index (κ3) is 2.37. The smallest absolute Gasteiger partial charge is 0.195 e. The molecule has 0 aliphatic carbocycles. The van der Waals surface area contributed by atoms with Crippen molar-refractivity contribution in [1.82, 2.24) is 9.38 Å². The van der Waals surface area contributed by atoms with Gasteiger partial charge in [-0.05, 0) is 26.8 Å². The molecule has 0 saturated carbocycles. The van der Waals surface area contributed by atoms with Gasteiger partial charge in [0, 0.05) is 30.6 Å². The number of hydrogen-bond acceptors (Lipinski definition) is 4. The maximum Gasteiger partial charge on any atom is 0.195 e. The quantitative estimate of drug-likeness (QED) is 0.874. The molecule has 2 aromatic heterocycles. The molecule has 2 N–H and O–H groups in total. The van der Waals surface area contributed by atoms with Crippen molar-refractivity contribution in [3.63, 3.8) is 0 Å². The fourth-order valence-electron chi connectivity index (χ4n) is 2.27. The number of nitrogens with zero attached hydrogens (tertiary/aromatic N) is 3. The lowest BCUT2D eigenvalue weighted by molar-refractivity contribution is 0.659. The Morgan fingerprint density at radius 2 is 2.28 bits per heavy atom. The van der Waals surface area contributed by atoms with E-state index in [1.54, 1.807) is 11.3 Å². The van der Waals surface area contributed by atoms with Crippen LogP contribution < -0.4 is 10.6 Å². The summed E-state index contributed by atoms with van der Waals surface area (Å²) in [5.41, 5.74) is 6.99. The molecule has 0 aromatic carbocycles. The van der Waals surface area contributed by atoms with Crippen LogP contribution in [0.25, 0.3) is 4.96 Å². The molecule has 2 heterocycles. The van der Waals surface area contributed by atoms with Crippen LogP contribution in [0, 0.1) is 0 Å². The zero-order chi connectivity index (χ0) is 13.1. The Hall–Kier alpha value is -1.07. The van der Waals surface area contributed by atoms with Gasteiger partial charge in [-0.15, -0.1) is 11.3 Å². The highest BCUT2D eigenvalue weighted by Gasteiger charge is 2.19. The van der Waals surface area contributed by atoms with Gasteiger partial charge in [-0.2, -0.15) is 0 Å². The molecule has 0 fully saturated rings. The van der Waals surface area contributed by atoms with Gasteiger partial charge >= 0.3 is 0 Å². The van der Waals surface area contributed by atoms with E-state index in [0.717, 1.165) is 30.2 Å². The standard InChI is InChI=1S/C13H22N4S/c1-4-7-16(10(2)3)12-11(5-6-14)17-8-9-18-13(17)15-12/h8-10H,4-7,14H2,1-3H3. The fraction of sp³-hybridized carbons (Fsp3) is 0.615. The van der Waals surface area contributed by atoms with Crippen LogP contribution in [-0.4, -0.2) is 28.5 Å². The second kappa shape index (κ2) is 5.71. The van der Waals surface area contributed by atoms with Gasteiger partial charge in [0.2, 0.25) is 0 Å². The van der Waals surface area contributed by atoms with E-state index in [1.165, 1.54) is 5.69 Å². The molecule has 0 aliphatic heterocycles. The Morgan fingerprint density at radius 3 is 2.89 bits per heavy atom. The molecule has 4 nitrogen and oxygen atoms in total. The average Bonchev–Trinajstić information content (AvgIpc) is 2.89. The number of aromatic nitrogens is 2. The molecule has 18 heavy (non-hydrogen) atoms. The van der Waals surface area contributed by atoms with Gasteiger partial charge in [-0.3, -0.25) is 4.40 Å². The normalized spacial score (nSPS) is 11.6. The molecule has 0 unspecified atom stereocenters. The van der Waals surface area contributed by atoms with E-state index in [0.29, 0.717) is 12.6 Å². The average molecular weight is 266 g/mol. The lowest BCUT2D eigenvalue weighted by atomic mass is 10.2. The Bertz CT molecular complexity index is 500. The van der Waals surface area contributed by atoms with Crippen LogP contribution in [0.2, 0.25) is 0 Å². The number of rotatable bonds is 6. The van der Waals surface area contributed by atoms with Crippen LogP contribution >= 0.6 is 11.3 Å². The summed E-state index contributed by atoms with van der Waals surface area (Å²) < 4.78 is 2.18. The Kier molecular flexibility index (Phi) is 4.24. The highest BCUT2D eigenvalue weighted by atomic mass is 32.1. The van der Waals surface area contributed by atoms with Crippen molar-refractivity contribution in [1.29, 1.82) is 0 Å². The highest BCUT2D eigenvalue weighted by molar-refractivity contribution is 7.15. The number of nitrogens with two attached hydrogens (primary N) is 1. The first-order chi connectivity index (χ1) is 8.69. The summed E-state index contributed by atoms with van der Waals surface area (Å²) in [6.45, 7) is 8.34. The molecule has 2 rings (SSSR count). The summed E-state index contributed by atoms with van der Waals surface area (Å²) in [6.07, 6.45) is 4.09. The summed E-state index contributed by atoms with van der Waals surface area (Å²) in [6, 6.07) is 0.464. The fourth-order valence-corrected chi connectivity index (χ4v) is 3.00. The minimum Gasteiger partial charge on any atom is -0.353 e. The van der Waals surface area contributed by atoms with Crippen LogP contribution in [-0.2, 0) is 6.42 Å². The third-order valence-electron chi connectivity index (χ3n) is 3.08. The summed E-state index contributed by atoms with van der Waals surface area (Å²) in [5, 5.41) is 2.08. The Labute approximate surface area is 112 Å². The van der Waals surface area contributed by atoms with Gasteiger partial charge in [-0.1, -0.05) is 6.92 Å². The monoisotopic (exact) mass is 266 g/mol. The van der Waals surface area contributed by atoms with Crippen LogP contribution in [0.4, 0.5) is 5.82 Å². The van der Waals surface area contributed by atoms with Gasteiger partial charge in [0.05, 0.1) is 5.69 Å². The van der Waals surface area contributed by atoms with E-state index in [-0.39, 0.29) is 0 Å². The molecule has 0 atom stereocenters. The van der Waals surface area contributed by atoms with Crippen molar-refractivity contribution in [2.45, 2.75) is 39.7 Å².